The highest BCUT2D eigenvalue weighted by Crippen LogP contribution is 2.38. The lowest BCUT2D eigenvalue weighted by Crippen LogP contribution is -2.13. The number of anilines is 1. The summed E-state index contributed by atoms with van der Waals surface area (Å²) in [6, 6.07) is 17.9. The maximum Gasteiger partial charge on any atom is 0.266 e. The number of rotatable bonds is 8. The number of nitriles is 1. The number of nitrogens with zero attached hydrogens (tertiary/aromatic N) is 1. The molecule has 0 saturated heterocycles. The Morgan fingerprint density at radius 1 is 1.09 bits per heavy atom. The molecule has 0 unspecified atom stereocenters. The highest BCUT2D eigenvalue weighted by atomic mass is 35.5. The van der Waals surface area contributed by atoms with Crippen molar-refractivity contribution in [3.8, 4) is 17.6 Å². The predicted octanol–water partition coefficient (Wildman–Crippen LogP) is 6.66. The highest BCUT2D eigenvalue weighted by Gasteiger charge is 2.16. The molecule has 3 aromatic rings. The summed E-state index contributed by atoms with van der Waals surface area (Å²) >= 11 is 12.5. The van der Waals surface area contributed by atoms with Gasteiger partial charge in [-0.1, -0.05) is 53.5 Å². The fourth-order valence-electron chi connectivity index (χ4n) is 2.91. The van der Waals surface area contributed by atoms with Gasteiger partial charge in [0.15, 0.2) is 11.5 Å². The molecular weight excluding hydrogens is 466 g/mol. The highest BCUT2D eigenvalue weighted by molar-refractivity contribution is 6.34. The number of hydrogen-bond acceptors (Lipinski definition) is 4. The molecule has 0 atom stereocenters. The van der Waals surface area contributed by atoms with Crippen molar-refractivity contribution < 1.29 is 18.7 Å². The van der Waals surface area contributed by atoms with Gasteiger partial charge in [-0.15, -0.1) is 0 Å². The maximum atomic E-state index is 13.9. The summed E-state index contributed by atoms with van der Waals surface area (Å²) < 4.78 is 25.3. The van der Waals surface area contributed by atoms with Gasteiger partial charge < -0.3 is 14.8 Å². The lowest BCUT2D eigenvalue weighted by Gasteiger charge is -2.15. The molecule has 0 aliphatic carbocycles. The number of ether oxygens (including phenoxy) is 2. The van der Waals surface area contributed by atoms with Crippen molar-refractivity contribution in [2.45, 2.75) is 13.5 Å². The van der Waals surface area contributed by atoms with E-state index in [2.05, 4.69) is 5.32 Å². The monoisotopic (exact) mass is 484 g/mol. The molecule has 0 spiro atoms. The number of carbonyl (C=O) groups excluding carboxylic acids is 1. The normalized spacial score (nSPS) is 10.9. The SMILES string of the molecule is CCOc1cc(/C=C(\C#N)C(=O)Nc2ccccc2Cl)cc(Cl)c1OCc1ccccc1F. The smallest absolute Gasteiger partial charge is 0.266 e. The summed E-state index contributed by atoms with van der Waals surface area (Å²) in [5, 5.41) is 12.6. The topological polar surface area (TPSA) is 71.3 Å². The number of hydrogen-bond donors (Lipinski definition) is 1. The van der Waals surface area contributed by atoms with Crippen LogP contribution in [-0.4, -0.2) is 12.5 Å². The largest absolute Gasteiger partial charge is 0.490 e. The molecule has 33 heavy (non-hydrogen) atoms. The number of para-hydroxylation sites is 1. The molecule has 0 radical (unpaired) electrons. The van der Waals surface area contributed by atoms with Crippen LogP contribution in [-0.2, 0) is 11.4 Å². The van der Waals surface area contributed by atoms with E-state index in [4.69, 9.17) is 32.7 Å². The zero-order chi connectivity index (χ0) is 23.8. The van der Waals surface area contributed by atoms with E-state index in [1.807, 2.05) is 6.07 Å². The molecule has 168 valence electrons. The van der Waals surface area contributed by atoms with Crippen molar-refractivity contribution in [2.24, 2.45) is 0 Å². The van der Waals surface area contributed by atoms with Crippen molar-refractivity contribution in [1.82, 2.24) is 0 Å². The van der Waals surface area contributed by atoms with Crippen LogP contribution in [0.4, 0.5) is 10.1 Å². The summed E-state index contributed by atoms with van der Waals surface area (Å²) in [6.07, 6.45) is 1.38. The van der Waals surface area contributed by atoms with E-state index in [-0.39, 0.29) is 23.0 Å². The summed E-state index contributed by atoms with van der Waals surface area (Å²) in [6.45, 7) is 2.05. The second-order valence-electron chi connectivity index (χ2n) is 6.75. The molecule has 3 aromatic carbocycles. The van der Waals surface area contributed by atoms with E-state index in [0.29, 0.717) is 34.2 Å². The molecule has 8 heteroatoms. The fraction of sp³-hybridized carbons (Fsp3) is 0.120. The van der Waals surface area contributed by atoms with Gasteiger partial charge in [0.1, 0.15) is 24.1 Å². The summed E-state index contributed by atoms with van der Waals surface area (Å²) in [4.78, 5) is 12.6. The molecular formula is C25H19Cl2FN2O3. The first-order chi connectivity index (χ1) is 15.9. The van der Waals surface area contributed by atoms with Gasteiger partial charge in [-0.2, -0.15) is 5.26 Å². The van der Waals surface area contributed by atoms with Crippen LogP contribution in [0.25, 0.3) is 6.08 Å². The van der Waals surface area contributed by atoms with Gasteiger partial charge in [-0.25, -0.2) is 4.39 Å². The van der Waals surface area contributed by atoms with Crippen molar-refractivity contribution in [3.63, 3.8) is 0 Å². The van der Waals surface area contributed by atoms with Crippen molar-refractivity contribution in [3.05, 3.63) is 93.2 Å². The first-order valence-corrected chi connectivity index (χ1v) is 10.7. The number of halogens is 3. The van der Waals surface area contributed by atoms with E-state index in [9.17, 15) is 14.4 Å². The van der Waals surface area contributed by atoms with Gasteiger partial charge in [-0.05, 0) is 48.9 Å². The molecule has 0 bridgehead atoms. The Labute approximate surface area is 201 Å². The Hall–Kier alpha value is -3.53. The maximum absolute atomic E-state index is 13.9. The summed E-state index contributed by atoms with van der Waals surface area (Å²) in [5.74, 6) is -0.483. The molecule has 1 N–H and O–H groups in total. The van der Waals surface area contributed by atoms with Crippen LogP contribution in [0, 0.1) is 17.1 Å². The average molecular weight is 485 g/mol. The average Bonchev–Trinajstić information content (AvgIpc) is 2.79. The summed E-state index contributed by atoms with van der Waals surface area (Å²) in [5.41, 5.74) is 1.04. The first-order valence-electron chi connectivity index (χ1n) is 9.93. The lowest BCUT2D eigenvalue weighted by molar-refractivity contribution is -0.112. The Morgan fingerprint density at radius 2 is 1.82 bits per heavy atom. The molecule has 0 aliphatic heterocycles. The molecule has 0 fully saturated rings. The van der Waals surface area contributed by atoms with Crippen LogP contribution in [0.2, 0.25) is 10.0 Å². The van der Waals surface area contributed by atoms with Crippen LogP contribution in [0.3, 0.4) is 0 Å². The van der Waals surface area contributed by atoms with Gasteiger partial charge in [0.2, 0.25) is 0 Å². The van der Waals surface area contributed by atoms with E-state index >= 15 is 0 Å². The summed E-state index contributed by atoms with van der Waals surface area (Å²) in [7, 11) is 0. The minimum absolute atomic E-state index is 0.0503. The number of nitrogens with one attached hydrogen (secondary N) is 1. The second-order valence-corrected chi connectivity index (χ2v) is 7.56. The van der Waals surface area contributed by atoms with Crippen LogP contribution in [0.15, 0.2) is 66.2 Å². The molecule has 3 rings (SSSR count). The van der Waals surface area contributed by atoms with Gasteiger partial charge in [0, 0.05) is 5.56 Å². The molecule has 0 saturated carbocycles. The Morgan fingerprint density at radius 3 is 2.52 bits per heavy atom. The zero-order valence-electron chi connectivity index (χ0n) is 17.6. The van der Waals surface area contributed by atoms with Crippen molar-refractivity contribution >= 4 is 40.9 Å². The van der Waals surface area contributed by atoms with Crippen molar-refractivity contribution in [2.75, 3.05) is 11.9 Å². The van der Waals surface area contributed by atoms with E-state index in [1.54, 1.807) is 55.5 Å². The van der Waals surface area contributed by atoms with Crippen LogP contribution < -0.4 is 14.8 Å². The molecule has 0 aromatic heterocycles. The Kier molecular flexibility index (Phi) is 8.31. The zero-order valence-corrected chi connectivity index (χ0v) is 19.1. The van der Waals surface area contributed by atoms with Gasteiger partial charge in [0.25, 0.3) is 5.91 Å². The van der Waals surface area contributed by atoms with Crippen molar-refractivity contribution in [1.29, 1.82) is 5.26 Å². The number of amides is 1. The standard InChI is InChI=1S/C25H19Cl2FN2O3/c1-2-32-23-13-16(11-18(14-29)25(31)30-22-10-6-4-8-19(22)26)12-20(27)24(23)33-15-17-7-3-5-9-21(17)28/h3-13H,2,15H2,1H3,(H,30,31)/b18-11+. The Bertz CT molecular complexity index is 1240. The molecule has 5 nitrogen and oxygen atoms in total. The third-order valence-corrected chi connectivity index (χ3v) is 5.07. The van der Waals surface area contributed by atoms with E-state index < -0.39 is 11.7 Å². The Balaban J connectivity index is 1.87. The third kappa shape index (κ3) is 6.26. The lowest BCUT2D eigenvalue weighted by atomic mass is 10.1. The van der Waals surface area contributed by atoms with Gasteiger partial charge in [0.05, 0.1) is 22.3 Å². The minimum atomic E-state index is -0.625. The quantitative estimate of drug-likeness (QED) is 0.286. The fourth-order valence-corrected chi connectivity index (χ4v) is 3.36. The van der Waals surface area contributed by atoms with E-state index in [1.165, 1.54) is 18.2 Å². The second kappa shape index (κ2) is 11.4. The third-order valence-electron chi connectivity index (χ3n) is 4.46. The minimum Gasteiger partial charge on any atom is -0.490 e. The van der Waals surface area contributed by atoms with Gasteiger partial charge in [-0.3, -0.25) is 4.79 Å². The van der Waals surface area contributed by atoms with Crippen LogP contribution in [0.5, 0.6) is 11.5 Å². The number of benzene rings is 3. The van der Waals surface area contributed by atoms with Crippen LogP contribution in [0.1, 0.15) is 18.1 Å². The predicted molar refractivity (Wildman–Crippen MR) is 127 cm³/mol. The molecule has 0 heterocycles. The van der Waals surface area contributed by atoms with Crippen LogP contribution >= 0.6 is 23.2 Å². The molecule has 1 amide bonds. The first kappa shape index (κ1) is 24.1. The van der Waals surface area contributed by atoms with Gasteiger partial charge >= 0.3 is 0 Å². The van der Waals surface area contributed by atoms with E-state index in [0.717, 1.165) is 0 Å². The molecule has 0 aliphatic rings. The number of carbonyl (C=O) groups is 1.